The lowest BCUT2D eigenvalue weighted by Gasteiger charge is -2.25. The monoisotopic (exact) mass is 349 g/mol. The highest BCUT2D eigenvalue weighted by atomic mass is 16.1. The molecule has 5 aromatic carbocycles. The van der Waals surface area contributed by atoms with Gasteiger partial charge in [-0.15, -0.1) is 0 Å². The normalized spacial score (nSPS) is 11.4. The molecule has 0 atom stereocenters. The van der Waals surface area contributed by atoms with E-state index in [1.54, 1.807) is 0 Å². The maximum absolute atomic E-state index is 11.5. The Morgan fingerprint density at radius 2 is 1.37 bits per heavy atom. The van der Waals surface area contributed by atoms with Crippen molar-refractivity contribution < 1.29 is 4.79 Å². The summed E-state index contributed by atoms with van der Waals surface area (Å²) in [5.74, 6) is 0. The Morgan fingerprint density at radius 1 is 0.741 bits per heavy atom. The van der Waals surface area contributed by atoms with Crippen molar-refractivity contribution in [2.45, 2.75) is 6.92 Å². The van der Waals surface area contributed by atoms with E-state index in [2.05, 4.69) is 90.7 Å². The second-order valence-corrected chi connectivity index (χ2v) is 7.05. The number of hydrogen-bond acceptors (Lipinski definition) is 2. The molecule has 0 aliphatic heterocycles. The number of aldehydes is 1. The van der Waals surface area contributed by atoms with Gasteiger partial charge in [-0.05, 0) is 52.1 Å². The first-order valence-electron chi connectivity index (χ1n) is 9.20. The maximum Gasteiger partial charge on any atom is 0.139 e. The van der Waals surface area contributed by atoms with Crippen molar-refractivity contribution >= 4 is 50.0 Å². The molecule has 0 aliphatic carbocycles. The van der Waals surface area contributed by atoms with E-state index in [9.17, 15) is 4.79 Å². The van der Waals surface area contributed by atoms with Crippen molar-refractivity contribution in [3.63, 3.8) is 0 Å². The number of rotatable bonds is 4. The van der Waals surface area contributed by atoms with Crippen LogP contribution < -0.4 is 4.90 Å². The van der Waals surface area contributed by atoms with Gasteiger partial charge in [-0.2, -0.15) is 0 Å². The van der Waals surface area contributed by atoms with Crippen LogP contribution in [0, 0.1) is 6.92 Å². The molecular weight excluding hydrogens is 330 g/mol. The average molecular weight is 349 g/mol. The Labute approximate surface area is 158 Å². The highest BCUT2D eigenvalue weighted by Crippen LogP contribution is 2.40. The largest absolute Gasteiger partial charge is 0.334 e. The molecule has 0 saturated heterocycles. The minimum Gasteiger partial charge on any atom is -0.334 e. The van der Waals surface area contributed by atoms with Crippen LogP contribution in [-0.2, 0) is 4.79 Å². The molecule has 2 nitrogen and oxygen atoms in total. The maximum atomic E-state index is 11.5. The Bertz CT molecular complexity index is 1250. The van der Waals surface area contributed by atoms with E-state index in [-0.39, 0.29) is 0 Å². The first kappa shape index (κ1) is 15.8. The molecular formula is C25H19NO. The molecule has 0 amide bonds. The summed E-state index contributed by atoms with van der Waals surface area (Å²) in [4.78, 5) is 13.6. The molecule has 0 bridgehead atoms. The number of benzene rings is 5. The van der Waals surface area contributed by atoms with Crippen LogP contribution in [0.4, 0.5) is 11.4 Å². The third-order valence-corrected chi connectivity index (χ3v) is 5.40. The summed E-state index contributed by atoms with van der Waals surface area (Å²) in [5.41, 5.74) is 3.31. The highest BCUT2D eigenvalue weighted by molar-refractivity contribution is 6.25. The fourth-order valence-corrected chi connectivity index (χ4v) is 4.10. The van der Waals surface area contributed by atoms with Crippen LogP contribution in [0.3, 0.4) is 0 Å². The number of carbonyl (C=O) groups excluding carboxylic acids is 1. The standard InChI is InChI=1S/C25H19NO/c1-17-5-11-21(12-6-17)26(15-16-27)23-14-10-20-8-7-18-3-2-4-19-9-13-22(23)25(20)24(18)19/h2-14,16H,15H2,1H3. The second-order valence-electron chi connectivity index (χ2n) is 7.05. The van der Waals surface area contributed by atoms with Gasteiger partial charge in [-0.25, -0.2) is 0 Å². The van der Waals surface area contributed by atoms with E-state index in [0.29, 0.717) is 6.54 Å². The molecule has 0 saturated carbocycles. The third-order valence-electron chi connectivity index (χ3n) is 5.40. The van der Waals surface area contributed by atoms with Gasteiger partial charge in [0.15, 0.2) is 0 Å². The van der Waals surface area contributed by atoms with Crippen molar-refractivity contribution in [2.24, 2.45) is 0 Å². The average Bonchev–Trinajstić information content (AvgIpc) is 2.71. The predicted octanol–water partition coefficient (Wildman–Crippen LogP) is 6.23. The summed E-state index contributed by atoms with van der Waals surface area (Å²) in [6.07, 6.45) is 0.970. The molecule has 0 fully saturated rings. The number of carbonyl (C=O) groups is 1. The van der Waals surface area contributed by atoms with Gasteiger partial charge in [0.05, 0.1) is 6.54 Å². The number of hydrogen-bond donors (Lipinski definition) is 0. The van der Waals surface area contributed by atoms with E-state index >= 15 is 0 Å². The molecule has 130 valence electrons. The second kappa shape index (κ2) is 6.10. The molecule has 5 aromatic rings. The molecule has 27 heavy (non-hydrogen) atoms. The van der Waals surface area contributed by atoms with Crippen molar-refractivity contribution in [1.29, 1.82) is 0 Å². The third kappa shape index (κ3) is 2.45. The van der Waals surface area contributed by atoms with E-state index in [0.717, 1.165) is 17.7 Å². The van der Waals surface area contributed by atoms with Crippen LogP contribution in [0.25, 0.3) is 32.3 Å². The van der Waals surface area contributed by atoms with Crippen molar-refractivity contribution in [1.82, 2.24) is 0 Å². The molecule has 5 rings (SSSR count). The summed E-state index contributed by atoms with van der Waals surface area (Å²) >= 11 is 0. The van der Waals surface area contributed by atoms with Crippen LogP contribution in [0.2, 0.25) is 0 Å². The van der Waals surface area contributed by atoms with Crippen molar-refractivity contribution in [3.05, 3.63) is 84.4 Å². The van der Waals surface area contributed by atoms with Crippen LogP contribution >= 0.6 is 0 Å². The first-order chi connectivity index (χ1) is 13.3. The predicted molar refractivity (Wildman–Crippen MR) is 114 cm³/mol. The van der Waals surface area contributed by atoms with Gasteiger partial charge in [0.2, 0.25) is 0 Å². The summed E-state index contributed by atoms with van der Waals surface area (Å²) in [7, 11) is 0. The van der Waals surface area contributed by atoms with Crippen molar-refractivity contribution in [3.8, 4) is 0 Å². The lowest BCUT2D eigenvalue weighted by molar-refractivity contribution is -0.106. The number of aryl methyl sites for hydroxylation is 1. The zero-order valence-corrected chi connectivity index (χ0v) is 15.1. The zero-order chi connectivity index (χ0) is 18.4. The highest BCUT2D eigenvalue weighted by Gasteiger charge is 2.16. The molecule has 0 aliphatic rings. The summed E-state index contributed by atoms with van der Waals surface area (Å²) in [6.45, 7) is 2.40. The quantitative estimate of drug-likeness (QED) is 0.283. The van der Waals surface area contributed by atoms with Crippen LogP contribution in [0.1, 0.15) is 5.56 Å². The van der Waals surface area contributed by atoms with Gasteiger partial charge < -0.3 is 9.69 Å². The Kier molecular flexibility index (Phi) is 3.58. The van der Waals surface area contributed by atoms with E-state index < -0.39 is 0 Å². The fraction of sp³-hybridized carbons (Fsp3) is 0.0800. The number of nitrogens with zero attached hydrogens (tertiary/aromatic N) is 1. The topological polar surface area (TPSA) is 20.3 Å². The fourth-order valence-electron chi connectivity index (χ4n) is 4.10. The van der Waals surface area contributed by atoms with Gasteiger partial charge in [-0.3, -0.25) is 0 Å². The lowest BCUT2D eigenvalue weighted by Crippen LogP contribution is -2.19. The molecule has 0 heterocycles. The van der Waals surface area contributed by atoms with Crippen LogP contribution in [0.5, 0.6) is 0 Å². The van der Waals surface area contributed by atoms with Gasteiger partial charge in [0, 0.05) is 16.8 Å². The Hall–Kier alpha value is -3.39. The SMILES string of the molecule is Cc1ccc(N(CC=O)c2ccc3ccc4cccc5ccc2c3c45)cc1. The molecule has 0 aromatic heterocycles. The van der Waals surface area contributed by atoms with Gasteiger partial charge >= 0.3 is 0 Å². The van der Waals surface area contributed by atoms with Crippen LogP contribution in [0.15, 0.2) is 78.9 Å². The van der Waals surface area contributed by atoms with Gasteiger partial charge in [-0.1, -0.05) is 66.2 Å². The minimum atomic E-state index is 0.326. The van der Waals surface area contributed by atoms with Crippen LogP contribution in [-0.4, -0.2) is 12.8 Å². The Balaban J connectivity index is 1.83. The van der Waals surface area contributed by atoms with E-state index in [4.69, 9.17) is 0 Å². The summed E-state index contributed by atoms with van der Waals surface area (Å²) in [5, 5.41) is 7.47. The first-order valence-corrected chi connectivity index (χ1v) is 9.20. The smallest absolute Gasteiger partial charge is 0.139 e. The van der Waals surface area contributed by atoms with E-state index in [1.165, 1.54) is 37.9 Å². The molecule has 0 N–H and O–H groups in total. The zero-order valence-electron chi connectivity index (χ0n) is 15.1. The van der Waals surface area contributed by atoms with Gasteiger partial charge in [0.1, 0.15) is 6.29 Å². The summed E-state index contributed by atoms with van der Waals surface area (Å²) in [6, 6.07) is 27.8. The molecule has 0 spiro atoms. The van der Waals surface area contributed by atoms with E-state index in [1.807, 2.05) is 0 Å². The molecule has 2 heteroatoms. The Morgan fingerprint density at radius 3 is 2.07 bits per heavy atom. The minimum absolute atomic E-state index is 0.326. The van der Waals surface area contributed by atoms with Gasteiger partial charge in [0.25, 0.3) is 0 Å². The number of anilines is 2. The molecule has 0 radical (unpaired) electrons. The van der Waals surface area contributed by atoms with Crippen molar-refractivity contribution in [2.75, 3.05) is 11.4 Å². The summed E-state index contributed by atoms with van der Waals surface area (Å²) < 4.78 is 0. The lowest BCUT2D eigenvalue weighted by atomic mass is 9.93. The molecule has 0 unspecified atom stereocenters.